The van der Waals surface area contributed by atoms with Crippen LogP contribution in [-0.2, 0) is 6.54 Å². The van der Waals surface area contributed by atoms with Crippen molar-refractivity contribution in [3.63, 3.8) is 0 Å². The second-order valence-corrected chi connectivity index (χ2v) is 8.20. The average molecular weight is 416 g/mol. The first-order valence-electron chi connectivity index (χ1n) is 9.06. The predicted octanol–water partition coefficient (Wildman–Crippen LogP) is 4.56. The summed E-state index contributed by atoms with van der Waals surface area (Å²) in [5.41, 5.74) is 2.04. The molecule has 1 aliphatic rings. The number of carbonyl (C=O) groups excluding carboxylic acids is 1. The van der Waals surface area contributed by atoms with Crippen molar-refractivity contribution in [2.75, 3.05) is 26.2 Å². The Balaban J connectivity index is 1.35. The molecule has 7 heteroatoms. The number of amides is 1. The van der Waals surface area contributed by atoms with E-state index in [1.807, 2.05) is 23.1 Å². The standard InChI is InChI=1S/C21H19ClFN3OS/c22-20-8-1-15(13-24-20)14-25-9-11-26(12-10-25)21(27)19-7-6-18(28-19)16-2-4-17(23)5-3-16/h1-8,13H,9-12,14H2. The smallest absolute Gasteiger partial charge is 0.264 e. The van der Waals surface area contributed by atoms with Crippen molar-refractivity contribution in [3.8, 4) is 10.4 Å². The Morgan fingerprint density at radius 1 is 1.04 bits per heavy atom. The van der Waals surface area contributed by atoms with Gasteiger partial charge in [0.25, 0.3) is 5.91 Å². The van der Waals surface area contributed by atoms with Gasteiger partial charge in [0.15, 0.2) is 0 Å². The average Bonchev–Trinajstić information content (AvgIpc) is 3.20. The van der Waals surface area contributed by atoms with Crippen LogP contribution in [0, 0.1) is 5.82 Å². The van der Waals surface area contributed by atoms with Gasteiger partial charge in [-0.05, 0) is 41.5 Å². The number of pyridine rings is 1. The fourth-order valence-corrected chi connectivity index (χ4v) is 4.34. The summed E-state index contributed by atoms with van der Waals surface area (Å²) >= 11 is 7.28. The third kappa shape index (κ3) is 4.41. The summed E-state index contributed by atoms with van der Waals surface area (Å²) < 4.78 is 13.1. The lowest BCUT2D eigenvalue weighted by Gasteiger charge is -2.34. The van der Waals surface area contributed by atoms with Crippen LogP contribution in [0.15, 0.2) is 54.7 Å². The van der Waals surface area contributed by atoms with Crippen molar-refractivity contribution in [3.05, 3.63) is 76.1 Å². The Morgan fingerprint density at radius 2 is 1.79 bits per heavy atom. The maximum atomic E-state index is 13.1. The highest BCUT2D eigenvalue weighted by Gasteiger charge is 2.23. The molecule has 3 heterocycles. The van der Waals surface area contributed by atoms with Crippen molar-refractivity contribution in [2.45, 2.75) is 6.54 Å². The highest BCUT2D eigenvalue weighted by atomic mass is 35.5. The molecule has 1 aromatic carbocycles. The van der Waals surface area contributed by atoms with Crippen LogP contribution in [0.1, 0.15) is 15.2 Å². The van der Waals surface area contributed by atoms with E-state index in [0.717, 1.165) is 40.5 Å². The van der Waals surface area contributed by atoms with Gasteiger partial charge in [-0.25, -0.2) is 9.37 Å². The third-order valence-corrected chi connectivity index (χ3v) is 6.15. The van der Waals surface area contributed by atoms with Gasteiger partial charge in [0.05, 0.1) is 4.88 Å². The van der Waals surface area contributed by atoms with Gasteiger partial charge in [-0.1, -0.05) is 29.8 Å². The molecule has 0 unspecified atom stereocenters. The highest BCUT2D eigenvalue weighted by Crippen LogP contribution is 2.29. The number of carbonyl (C=O) groups is 1. The number of thiophene rings is 1. The molecule has 0 radical (unpaired) electrons. The first kappa shape index (κ1) is 19.1. The molecule has 0 atom stereocenters. The van der Waals surface area contributed by atoms with E-state index >= 15 is 0 Å². The van der Waals surface area contributed by atoms with Crippen molar-refractivity contribution in [1.29, 1.82) is 0 Å². The summed E-state index contributed by atoms with van der Waals surface area (Å²) in [6, 6.07) is 13.9. The van der Waals surface area contributed by atoms with Crippen LogP contribution in [0.2, 0.25) is 5.15 Å². The van der Waals surface area contributed by atoms with Gasteiger partial charge in [0, 0.05) is 43.8 Å². The van der Waals surface area contributed by atoms with E-state index in [0.29, 0.717) is 18.2 Å². The van der Waals surface area contributed by atoms with E-state index in [9.17, 15) is 9.18 Å². The summed E-state index contributed by atoms with van der Waals surface area (Å²) in [7, 11) is 0. The summed E-state index contributed by atoms with van der Waals surface area (Å²) in [6.07, 6.45) is 1.79. The van der Waals surface area contributed by atoms with Gasteiger partial charge in [0.2, 0.25) is 0 Å². The zero-order valence-corrected chi connectivity index (χ0v) is 16.7. The molecule has 28 heavy (non-hydrogen) atoms. The van der Waals surface area contributed by atoms with E-state index in [-0.39, 0.29) is 11.7 Å². The van der Waals surface area contributed by atoms with Crippen molar-refractivity contribution in [2.24, 2.45) is 0 Å². The number of nitrogens with zero attached hydrogens (tertiary/aromatic N) is 3. The lowest BCUT2D eigenvalue weighted by molar-refractivity contribution is 0.0633. The van der Waals surface area contributed by atoms with Crippen LogP contribution in [0.25, 0.3) is 10.4 Å². The molecule has 0 bridgehead atoms. The predicted molar refractivity (Wildman–Crippen MR) is 110 cm³/mol. The topological polar surface area (TPSA) is 36.4 Å². The molecule has 2 aromatic heterocycles. The molecular weight excluding hydrogens is 397 g/mol. The van der Waals surface area contributed by atoms with Crippen LogP contribution in [0.3, 0.4) is 0 Å². The van der Waals surface area contributed by atoms with Gasteiger partial charge in [-0.3, -0.25) is 9.69 Å². The summed E-state index contributed by atoms with van der Waals surface area (Å²) in [6.45, 7) is 3.85. The minimum atomic E-state index is -0.260. The Kier molecular flexibility index (Phi) is 5.71. The molecule has 1 amide bonds. The number of aromatic nitrogens is 1. The lowest BCUT2D eigenvalue weighted by Crippen LogP contribution is -2.48. The van der Waals surface area contributed by atoms with Crippen LogP contribution in [0.5, 0.6) is 0 Å². The largest absolute Gasteiger partial charge is 0.335 e. The number of benzene rings is 1. The molecule has 0 spiro atoms. The van der Waals surface area contributed by atoms with Gasteiger partial charge in [-0.15, -0.1) is 11.3 Å². The fraction of sp³-hybridized carbons (Fsp3) is 0.238. The second kappa shape index (κ2) is 8.39. The summed E-state index contributed by atoms with van der Waals surface area (Å²) in [5.74, 6) is -0.199. The number of piperazine rings is 1. The van der Waals surface area contributed by atoms with Crippen LogP contribution >= 0.6 is 22.9 Å². The minimum absolute atomic E-state index is 0.0613. The SMILES string of the molecule is O=C(c1ccc(-c2ccc(F)cc2)s1)N1CCN(Cc2ccc(Cl)nc2)CC1. The lowest BCUT2D eigenvalue weighted by atomic mass is 10.2. The number of rotatable bonds is 4. The molecule has 4 rings (SSSR count). The third-order valence-electron chi connectivity index (χ3n) is 4.80. The van der Waals surface area contributed by atoms with Gasteiger partial charge in [0.1, 0.15) is 11.0 Å². The molecule has 0 N–H and O–H groups in total. The Hall–Kier alpha value is -2.28. The maximum Gasteiger partial charge on any atom is 0.264 e. The van der Waals surface area contributed by atoms with E-state index in [1.54, 1.807) is 24.4 Å². The van der Waals surface area contributed by atoms with Crippen molar-refractivity contribution < 1.29 is 9.18 Å². The van der Waals surface area contributed by atoms with E-state index in [1.165, 1.54) is 23.5 Å². The van der Waals surface area contributed by atoms with Gasteiger partial charge in [-0.2, -0.15) is 0 Å². The molecule has 3 aromatic rings. The highest BCUT2D eigenvalue weighted by molar-refractivity contribution is 7.17. The molecule has 1 aliphatic heterocycles. The number of halogens is 2. The normalized spacial score (nSPS) is 15.0. The zero-order chi connectivity index (χ0) is 19.5. The molecule has 0 saturated carbocycles. The zero-order valence-electron chi connectivity index (χ0n) is 15.1. The quantitative estimate of drug-likeness (QED) is 0.586. The van der Waals surface area contributed by atoms with Crippen molar-refractivity contribution >= 4 is 28.8 Å². The van der Waals surface area contributed by atoms with Crippen molar-refractivity contribution in [1.82, 2.24) is 14.8 Å². The van der Waals surface area contributed by atoms with Gasteiger partial charge < -0.3 is 4.90 Å². The molecule has 1 saturated heterocycles. The maximum absolute atomic E-state index is 13.1. The summed E-state index contributed by atoms with van der Waals surface area (Å²) in [4.78, 5) is 22.8. The Labute approximate surface area is 172 Å². The van der Waals surface area contributed by atoms with E-state index < -0.39 is 0 Å². The number of hydrogen-bond donors (Lipinski definition) is 0. The molecule has 0 aliphatic carbocycles. The first-order chi connectivity index (χ1) is 13.6. The van der Waals surface area contributed by atoms with Gasteiger partial charge >= 0.3 is 0 Å². The minimum Gasteiger partial charge on any atom is -0.335 e. The number of hydrogen-bond acceptors (Lipinski definition) is 4. The monoisotopic (exact) mass is 415 g/mol. The molecule has 144 valence electrons. The Morgan fingerprint density at radius 3 is 2.46 bits per heavy atom. The van der Waals surface area contributed by atoms with E-state index in [2.05, 4.69) is 9.88 Å². The molecule has 1 fully saturated rings. The first-order valence-corrected chi connectivity index (χ1v) is 10.3. The fourth-order valence-electron chi connectivity index (χ4n) is 3.25. The van der Waals surface area contributed by atoms with Crippen LogP contribution in [-0.4, -0.2) is 46.9 Å². The summed E-state index contributed by atoms with van der Waals surface area (Å²) in [5, 5.41) is 0.495. The molecular formula is C21H19ClFN3OS. The second-order valence-electron chi connectivity index (χ2n) is 6.73. The van der Waals surface area contributed by atoms with Crippen LogP contribution < -0.4 is 0 Å². The Bertz CT molecular complexity index is 951. The van der Waals surface area contributed by atoms with E-state index in [4.69, 9.17) is 11.6 Å². The molecule has 4 nitrogen and oxygen atoms in total. The van der Waals surface area contributed by atoms with Crippen LogP contribution in [0.4, 0.5) is 4.39 Å².